The molecule has 9 nitrogen and oxygen atoms in total. The monoisotopic (exact) mass is 470 g/mol. The van der Waals surface area contributed by atoms with Crippen LogP contribution in [0.2, 0.25) is 0 Å². The van der Waals surface area contributed by atoms with Crippen LogP contribution in [0.25, 0.3) is 6.08 Å². The highest BCUT2D eigenvalue weighted by Crippen LogP contribution is 2.29. The Morgan fingerprint density at radius 2 is 2.03 bits per heavy atom. The number of hydrogen-bond acceptors (Lipinski definition) is 6. The number of fused-ring (bicyclic) bond motifs is 2. The van der Waals surface area contributed by atoms with E-state index in [1.54, 1.807) is 19.2 Å². The molecular formula is C24H27FN4O5. The molecule has 1 atom stereocenters. The van der Waals surface area contributed by atoms with Crippen LogP contribution in [-0.2, 0) is 17.8 Å². The van der Waals surface area contributed by atoms with E-state index in [4.69, 9.17) is 4.74 Å². The lowest BCUT2D eigenvalue weighted by Crippen LogP contribution is -2.37. The summed E-state index contributed by atoms with van der Waals surface area (Å²) >= 11 is 0. The minimum Gasteiger partial charge on any atom is -0.501 e. The summed E-state index contributed by atoms with van der Waals surface area (Å²) in [6.45, 7) is 0.557. The Balaban J connectivity index is 1.77. The van der Waals surface area contributed by atoms with Crippen molar-refractivity contribution in [2.24, 2.45) is 0 Å². The molecule has 2 N–H and O–H groups in total. The topological polar surface area (TPSA) is 114 Å². The second-order valence-electron chi connectivity index (χ2n) is 8.43. The zero-order valence-corrected chi connectivity index (χ0v) is 18.9. The van der Waals surface area contributed by atoms with E-state index in [2.05, 4.69) is 10.3 Å². The summed E-state index contributed by atoms with van der Waals surface area (Å²) in [5, 5.41) is 13.2. The summed E-state index contributed by atoms with van der Waals surface area (Å²) in [6, 6.07) is 3.63. The van der Waals surface area contributed by atoms with E-state index in [-0.39, 0.29) is 19.0 Å². The third-order valence-corrected chi connectivity index (χ3v) is 6.14. The fourth-order valence-electron chi connectivity index (χ4n) is 4.23. The molecule has 2 aliphatic rings. The van der Waals surface area contributed by atoms with E-state index < -0.39 is 40.9 Å². The van der Waals surface area contributed by atoms with Gasteiger partial charge in [0.1, 0.15) is 11.6 Å². The Kier molecular flexibility index (Phi) is 6.95. The standard InChI is InChI=1S/C24H27FN4O5/c1-28-18-8-4-5-11-29-21(18)27-19(20(30)23(29)32)22(31)26-14-16-9-10-17(25)13-15(16)7-3-2-6-12-34-24(28)33/h3,7,9-10,13,18,30H,2,4-6,8,11-12,14H2,1H3,(H,26,31). The smallest absolute Gasteiger partial charge is 0.410 e. The minimum atomic E-state index is -0.746. The molecule has 0 fully saturated rings. The third-order valence-electron chi connectivity index (χ3n) is 6.14. The lowest BCUT2D eigenvalue weighted by Gasteiger charge is -2.27. The number of aromatic nitrogens is 2. The van der Waals surface area contributed by atoms with Crippen LogP contribution in [-0.4, -0.2) is 45.2 Å². The van der Waals surface area contributed by atoms with Crippen molar-refractivity contribution in [1.82, 2.24) is 19.8 Å². The highest BCUT2D eigenvalue weighted by Gasteiger charge is 2.32. The first-order valence-electron chi connectivity index (χ1n) is 11.3. The predicted octanol–water partition coefficient (Wildman–Crippen LogP) is 3.12. The molecule has 2 bridgehead atoms. The molecular weight excluding hydrogens is 443 g/mol. The largest absolute Gasteiger partial charge is 0.501 e. The SMILES string of the molecule is CN1C(=O)OCCCC=Cc2cc(F)ccc2CNC(=O)c2nc3n(c(=O)c2O)CCCCC31. The molecule has 0 saturated heterocycles. The number of allylic oxidation sites excluding steroid dienone is 1. The fraction of sp³-hybridized carbons (Fsp3) is 0.417. The number of ether oxygens (including phenoxy) is 1. The van der Waals surface area contributed by atoms with Crippen molar-refractivity contribution in [3.8, 4) is 5.75 Å². The van der Waals surface area contributed by atoms with E-state index >= 15 is 0 Å². The summed E-state index contributed by atoms with van der Waals surface area (Å²) in [7, 11) is 1.57. The summed E-state index contributed by atoms with van der Waals surface area (Å²) in [5.41, 5.74) is 0.103. The lowest BCUT2D eigenvalue weighted by atomic mass is 10.1. The maximum atomic E-state index is 13.8. The Hall–Kier alpha value is -3.69. The van der Waals surface area contributed by atoms with Crippen molar-refractivity contribution in [3.05, 3.63) is 63.1 Å². The minimum absolute atomic E-state index is 0.0449. The quantitative estimate of drug-likeness (QED) is 0.612. The number of benzene rings is 1. The Morgan fingerprint density at radius 3 is 2.85 bits per heavy atom. The van der Waals surface area contributed by atoms with Crippen LogP contribution in [0, 0.1) is 5.82 Å². The van der Waals surface area contributed by atoms with Gasteiger partial charge in [0.25, 0.3) is 11.5 Å². The molecule has 0 aliphatic carbocycles. The van der Waals surface area contributed by atoms with Gasteiger partial charge in [0, 0.05) is 20.1 Å². The molecule has 0 saturated carbocycles. The van der Waals surface area contributed by atoms with Crippen LogP contribution in [0.15, 0.2) is 29.1 Å². The van der Waals surface area contributed by atoms with Crippen molar-refractivity contribution in [2.75, 3.05) is 13.7 Å². The molecule has 1 aromatic carbocycles. The molecule has 2 amide bonds. The average molecular weight is 471 g/mol. The number of rotatable bonds is 0. The van der Waals surface area contributed by atoms with E-state index in [0.29, 0.717) is 43.4 Å². The van der Waals surface area contributed by atoms with Crippen molar-refractivity contribution >= 4 is 18.1 Å². The molecule has 10 heteroatoms. The maximum absolute atomic E-state index is 13.8. The van der Waals surface area contributed by atoms with Gasteiger partial charge in [-0.05, 0) is 55.4 Å². The van der Waals surface area contributed by atoms with Crippen molar-refractivity contribution < 1.29 is 23.8 Å². The van der Waals surface area contributed by atoms with Gasteiger partial charge < -0.3 is 20.1 Å². The number of carbonyl (C=O) groups is 2. The predicted molar refractivity (Wildman–Crippen MR) is 122 cm³/mol. The van der Waals surface area contributed by atoms with Gasteiger partial charge in [-0.3, -0.25) is 14.2 Å². The number of nitrogens with zero attached hydrogens (tertiary/aromatic N) is 3. The van der Waals surface area contributed by atoms with Crippen LogP contribution < -0.4 is 10.9 Å². The van der Waals surface area contributed by atoms with Crippen LogP contribution in [0.3, 0.4) is 0 Å². The fourth-order valence-corrected chi connectivity index (χ4v) is 4.23. The molecule has 0 spiro atoms. The Labute approximate surface area is 195 Å². The van der Waals surface area contributed by atoms with Gasteiger partial charge in [-0.25, -0.2) is 14.2 Å². The van der Waals surface area contributed by atoms with Gasteiger partial charge in [-0.15, -0.1) is 0 Å². The van der Waals surface area contributed by atoms with Crippen LogP contribution >= 0.6 is 0 Å². The second kappa shape index (κ2) is 10.1. The van der Waals surface area contributed by atoms with Crippen molar-refractivity contribution in [1.29, 1.82) is 0 Å². The zero-order valence-electron chi connectivity index (χ0n) is 18.9. The number of halogens is 1. The number of nitrogens with one attached hydrogen (secondary N) is 1. The summed E-state index contributed by atoms with van der Waals surface area (Å²) < 4.78 is 20.5. The van der Waals surface area contributed by atoms with E-state index in [1.165, 1.54) is 21.6 Å². The summed E-state index contributed by atoms with van der Waals surface area (Å²) in [5.74, 6) is -1.67. The molecule has 0 radical (unpaired) electrons. The molecule has 3 heterocycles. The molecule has 4 rings (SSSR count). The number of carbonyl (C=O) groups excluding carboxylic acids is 2. The third kappa shape index (κ3) is 4.80. The van der Waals surface area contributed by atoms with Crippen molar-refractivity contribution in [2.45, 2.75) is 51.2 Å². The van der Waals surface area contributed by atoms with Crippen LogP contribution in [0.4, 0.5) is 9.18 Å². The van der Waals surface area contributed by atoms with Gasteiger partial charge in [-0.2, -0.15) is 0 Å². The zero-order chi connectivity index (χ0) is 24.2. The van der Waals surface area contributed by atoms with E-state index in [0.717, 1.165) is 6.42 Å². The van der Waals surface area contributed by atoms with Gasteiger partial charge in [0.15, 0.2) is 5.69 Å². The highest BCUT2D eigenvalue weighted by molar-refractivity contribution is 5.94. The van der Waals surface area contributed by atoms with E-state index in [9.17, 15) is 23.9 Å². The van der Waals surface area contributed by atoms with Gasteiger partial charge in [-0.1, -0.05) is 18.2 Å². The molecule has 1 aromatic heterocycles. The highest BCUT2D eigenvalue weighted by atomic mass is 19.1. The molecule has 2 aromatic rings. The first-order chi connectivity index (χ1) is 16.4. The summed E-state index contributed by atoms with van der Waals surface area (Å²) in [4.78, 5) is 44.3. The molecule has 180 valence electrons. The number of aromatic hydroxyl groups is 1. The second-order valence-corrected chi connectivity index (χ2v) is 8.43. The molecule has 2 aliphatic heterocycles. The number of amides is 2. The number of hydrogen-bond donors (Lipinski definition) is 2. The maximum Gasteiger partial charge on any atom is 0.410 e. The normalized spacial score (nSPS) is 19.5. The average Bonchev–Trinajstić information content (AvgIpc) is 3.04. The number of cyclic esters (lactones) is 1. The van der Waals surface area contributed by atoms with Gasteiger partial charge in [0.2, 0.25) is 5.75 Å². The van der Waals surface area contributed by atoms with Crippen LogP contribution in [0.1, 0.15) is 65.6 Å². The molecule has 1 unspecified atom stereocenters. The molecule has 34 heavy (non-hydrogen) atoms. The van der Waals surface area contributed by atoms with E-state index in [1.807, 2.05) is 6.08 Å². The summed E-state index contributed by atoms with van der Waals surface area (Å²) in [6.07, 6.45) is 6.15. The van der Waals surface area contributed by atoms with Gasteiger partial charge in [0.05, 0.1) is 12.6 Å². The first-order valence-corrected chi connectivity index (χ1v) is 11.3. The first kappa shape index (κ1) is 23.5. The Morgan fingerprint density at radius 1 is 1.21 bits per heavy atom. The Bertz CT molecular complexity index is 1190. The lowest BCUT2D eigenvalue weighted by molar-refractivity contribution is 0.0917. The van der Waals surface area contributed by atoms with Gasteiger partial charge >= 0.3 is 6.09 Å². The van der Waals surface area contributed by atoms with Crippen molar-refractivity contribution in [3.63, 3.8) is 0 Å². The van der Waals surface area contributed by atoms with Crippen LogP contribution in [0.5, 0.6) is 5.75 Å².